The Hall–Kier alpha value is -1.12. The fourth-order valence-electron chi connectivity index (χ4n) is 0.761. The van der Waals surface area contributed by atoms with Crippen LogP contribution in [0.4, 0.5) is 0 Å². The third-order valence-electron chi connectivity index (χ3n) is 1.29. The summed E-state index contributed by atoms with van der Waals surface area (Å²) < 4.78 is 1.58. The van der Waals surface area contributed by atoms with E-state index in [1.807, 2.05) is 13.8 Å². The number of hydrogen-bond donors (Lipinski definition) is 0. The predicted molar refractivity (Wildman–Crippen MR) is 38.9 cm³/mol. The van der Waals surface area contributed by atoms with E-state index in [9.17, 15) is 4.79 Å². The van der Waals surface area contributed by atoms with Crippen LogP contribution in [0.5, 0.6) is 0 Å². The third-order valence-corrected chi connectivity index (χ3v) is 1.29. The van der Waals surface area contributed by atoms with Gasteiger partial charge in [-0.2, -0.15) is 0 Å². The van der Waals surface area contributed by atoms with Gasteiger partial charge < -0.3 is 0 Å². The lowest BCUT2D eigenvalue weighted by Crippen LogP contribution is -2.22. The smallest absolute Gasteiger partial charge is 0.297 e. The maximum absolute atomic E-state index is 10.9. The van der Waals surface area contributed by atoms with Crippen LogP contribution in [0.3, 0.4) is 0 Å². The normalized spacial score (nSPS) is 10.3. The molecule has 54 valence electrons. The predicted octanol–water partition coefficient (Wildman–Crippen LogP) is 0.824. The summed E-state index contributed by atoms with van der Waals surface area (Å²) in [6.07, 6.45) is 3.24. The Bertz CT molecular complexity index is 264. The molecule has 0 bridgehead atoms. The van der Waals surface area contributed by atoms with Gasteiger partial charge in [0.1, 0.15) is 0 Å². The molecule has 0 atom stereocenters. The summed E-state index contributed by atoms with van der Waals surface area (Å²) in [6, 6.07) is 1.95. The van der Waals surface area contributed by atoms with Gasteiger partial charge in [0.15, 0.2) is 0 Å². The Morgan fingerprint density at radius 3 is 2.70 bits per heavy atom. The minimum atomic E-state index is -0.183. The van der Waals surface area contributed by atoms with Crippen molar-refractivity contribution in [1.82, 2.24) is 9.55 Å². The fourth-order valence-corrected chi connectivity index (χ4v) is 0.761. The Morgan fingerprint density at radius 1 is 1.60 bits per heavy atom. The lowest BCUT2D eigenvalue weighted by Gasteiger charge is -2.05. The highest BCUT2D eigenvalue weighted by Gasteiger charge is 1.96. The van der Waals surface area contributed by atoms with Crippen LogP contribution in [0.2, 0.25) is 0 Å². The van der Waals surface area contributed by atoms with Crippen LogP contribution >= 0.6 is 0 Å². The number of nitrogens with zero attached hydrogens (tertiary/aromatic N) is 2. The standard InChI is InChI=1S/C7H10N2O/c1-6(2)9-5-3-4-8-7(9)10/h3-6H,1-2H3. The second kappa shape index (κ2) is 2.64. The largest absolute Gasteiger partial charge is 0.347 e. The number of hydrogen-bond acceptors (Lipinski definition) is 2. The van der Waals surface area contributed by atoms with Crippen LogP contribution < -0.4 is 5.69 Å². The van der Waals surface area contributed by atoms with Crippen molar-refractivity contribution in [2.24, 2.45) is 0 Å². The number of rotatable bonds is 1. The molecule has 1 aromatic rings. The fraction of sp³-hybridized carbons (Fsp3) is 0.429. The number of aromatic nitrogens is 2. The summed E-state index contributed by atoms with van der Waals surface area (Å²) in [7, 11) is 0. The summed E-state index contributed by atoms with van der Waals surface area (Å²) in [6.45, 7) is 3.90. The van der Waals surface area contributed by atoms with Gasteiger partial charge >= 0.3 is 5.69 Å². The summed E-state index contributed by atoms with van der Waals surface area (Å²) >= 11 is 0. The van der Waals surface area contributed by atoms with Crippen LogP contribution in [0.15, 0.2) is 23.3 Å². The molecule has 1 aromatic heterocycles. The van der Waals surface area contributed by atoms with E-state index < -0.39 is 0 Å². The maximum atomic E-state index is 10.9. The van der Waals surface area contributed by atoms with Gasteiger partial charge in [0.2, 0.25) is 0 Å². The molecule has 0 N–H and O–H groups in total. The Labute approximate surface area is 59.3 Å². The van der Waals surface area contributed by atoms with Crippen LogP contribution in [0.25, 0.3) is 0 Å². The summed E-state index contributed by atoms with van der Waals surface area (Å²) in [5, 5.41) is 0. The van der Waals surface area contributed by atoms with E-state index >= 15 is 0 Å². The summed E-state index contributed by atoms with van der Waals surface area (Å²) in [5.74, 6) is 0. The zero-order valence-electron chi connectivity index (χ0n) is 6.11. The van der Waals surface area contributed by atoms with Crippen LogP contribution in [0, 0.1) is 0 Å². The van der Waals surface area contributed by atoms with E-state index in [2.05, 4.69) is 4.98 Å². The van der Waals surface area contributed by atoms with Gasteiger partial charge in [-0.15, -0.1) is 0 Å². The second-order valence-electron chi connectivity index (χ2n) is 2.40. The quantitative estimate of drug-likeness (QED) is 0.576. The molecule has 3 nitrogen and oxygen atoms in total. The molecule has 0 fully saturated rings. The van der Waals surface area contributed by atoms with Gasteiger partial charge in [-0.05, 0) is 19.9 Å². The highest BCUT2D eigenvalue weighted by atomic mass is 16.1. The van der Waals surface area contributed by atoms with Crippen molar-refractivity contribution in [1.29, 1.82) is 0 Å². The molecule has 0 unspecified atom stereocenters. The van der Waals surface area contributed by atoms with Gasteiger partial charge in [0.05, 0.1) is 0 Å². The lowest BCUT2D eigenvalue weighted by atomic mass is 10.4. The van der Waals surface area contributed by atoms with Gasteiger partial charge in [0, 0.05) is 18.4 Å². The van der Waals surface area contributed by atoms with E-state index in [4.69, 9.17) is 0 Å². The van der Waals surface area contributed by atoms with E-state index in [1.165, 1.54) is 6.20 Å². The average Bonchev–Trinajstić information content (AvgIpc) is 1.88. The van der Waals surface area contributed by atoms with E-state index in [1.54, 1.807) is 16.8 Å². The Balaban J connectivity index is 3.16. The monoisotopic (exact) mass is 138 g/mol. The van der Waals surface area contributed by atoms with Gasteiger partial charge in [-0.3, -0.25) is 4.57 Å². The van der Waals surface area contributed by atoms with Crippen molar-refractivity contribution in [3.8, 4) is 0 Å². The van der Waals surface area contributed by atoms with E-state index in [0.717, 1.165) is 0 Å². The van der Waals surface area contributed by atoms with Crippen LogP contribution in [-0.4, -0.2) is 9.55 Å². The SMILES string of the molecule is CC(C)n1cccnc1=O. The highest BCUT2D eigenvalue weighted by molar-refractivity contribution is 4.82. The molecular formula is C7H10N2O. The van der Waals surface area contributed by atoms with Gasteiger partial charge in [-0.1, -0.05) is 0 Å². The Morgan fingerprint density at radius 2 is 2.30 bits per heavy atom. The minimum absolute atomic E-state index is 0.183. The molecule has 1 rings (SSSR count). The van der Waals surface area contributed by atoms with Crippen molar-refractivity contribution in [2.75, 3.05) is 0 Å². The van der Waals surface area contributed by atoms with E-state index in [0.29, 0.717) is 0 Å². The molecule has 0 aliphatic carbocycles. The molecule has 0 saturated heterocycles. The summed E-state index contributed by atoms with van der Waals surface area (Å²) in [5.41, 5.74) is -0.183. The molecular weight excluding hydrogens is 128 g/mol. The zero-order valence-corrected chi connectivity index (χ0v) is 6.11. The van der Waals surface area contributed by atoms with Crippen molar-refractivity contribution >= 4 is 0 Å². The molecule has 1 heterocycles. The van der Waals surface area contributed by atoms with Crippen LogP contribution in [0.1, 0.15) is 19.9 Å². The van der Waals surface area contributed by atoms with Crippen molar-refractivity contribution in [3.63, 3.8) is 0 Å². The molecule has 0 saturated carbocycles. The Kier molecular flexibility index (Phi) is 1.85. The molecule has 0 spiro atoms. The van der Waals surface area contributed by atoms with E-state index in [-0.39, 0.29) is 11.7 Å². The average molecular weight is 138 g/mol. The first kappa shape index (κ1) is 6.99. The van der Waals surface area contributed by atoms with Crippen molar-refractivity contribution in [3.05, 3.63) is 28.9 Å². The molecule has 0 aliphatic heterocycles. The molecule has 0 amide bonds. The highest BCUT2D eigenvalue weighted by Crippen LogP contribution is 1.95. The summed E-state index contributed by atoms with van der Waals surface area (Å²) in [4.78, 5) is 14.5. The zero-order chi connectivity index (χ0) is 7.56. The van der Waals surface area contributed by atoms with Gasteiger partial charge in [0.25, 0.3) is 0 Å². The lowest BCUT2D eigenvalue weighted by molar-refractivity contribution is 0.563. The van der Waals surface area contributed by atoms with Crippen molar-refractivity contribution in [2.45, 2.75) is 19.9 Å². The molecule has 0 aliphatic rings. The first-order chi connectivity index (χ1) is 4.72. The third kappa shape index (κ3) is 1.23. The second-order valence-corrected chi connectivity index (χ2v) is 2.40. The molecule has 0 radical (unpaired) electrons. The molecule has 3 heteroatoms. The minimum Gasteiger partial charge on any atom is -0.297 e. The topological polar surface area (TPSA) is 34.9 Å². The van der Waals surface area contributed by atoms with Crippen molar-refractivity contribution < 1.29 is 0 Å². The first-order valence-corrected chi connectivity index (χ1v) is 3.25. The maximum Gasteiger partial charge on any atom is 0.347 e. The first-order valence-electron chi connectivity index (χ1n) is 3.25. The molecule has 0 aromatic carbocycles. The van der Waals surface area contributed by atoms with Crippen LogP contribution in [-0.2, 0) is 0 Å². The van der Waals surface area contributed by atoms with Gasteiger partial charge in [-0.25, -0.2) is 9.78 Å². The molecule has 10 heavy (non-hydrogen) atoms.